The fraction of sp³-hybridized carbons (Fsp3) is 0.438. The van der Waals surface area contributed by atoms with Crippen LogP contribution in [0, 0.1) is 5.92 Å². The summed E-state index contributed by atoms with van der Waals surface area (Å²) in [6, 6.07) is 6.52. The van der Waals surface area contributed by atoms with Crippen molar-refractivity contribution >= 4 is 17.8 Å². The summed E-state index contributed by atoms with van der Waals surface area (Å²) in [4.78, 5) is 34.7. The van der Waals surface area contributed by atoms with E-state index < -0.39 is 5.97 Å². The lowest BCUT2D eigenvalue weighted by molar-refractivity contribution is -0.142. The molecule has 1 saturated carbocycles. The summed E-state index contributed by atoms with van der Waals surface area (Å²) in [5, 5.41) is 14.4. The number of benzene rings is 1. The first kappa shape index (κ1) is 16.0. The molecule has 22 heavy (non-hydrogen) atoms. The van der Waals surface area contributed by atoms with Crippen LogP contribution in [-0.2, 0) is 4.79 Å². The SMILES string of the molecule is CNC(=O)c1cccc(C(=O)NC2CCC(C(=O)O)CC2)c1. The number of nitrogens with one attached hydrogen (secondary N) is 2. The predicted molar refractivity (Wildman–Crippen MR) is 80.7 cm³/mol. The van der Waals surface area contributed by atoms with Gasteiger partial charge in [0.25, 0.3) is 11.8 Å². The first-order valence-corrected chi connectivity index (χ1v) is 7.37. The zero-order valence-corrected chi connectivity index (χ0v) is 12.5. The zero-order chi connectivity index (χ0) is 16.1. The van der Waals surface area contributed by atoms with E-state index in [9.17, 15) is 14.4 Å². The van der Waals surface area contributed by atoms with Gasteiger partial charge in [-0.2, -0.15) is 0 Å². The Morgan fingerprint density at radius 3 is 2.18 bits per heavy atom. The smallest absolute Gasteiger partial charge is 0.306 e. The van der Waals surface area contributed by atoms with Gasteiger partial charge in [0, 0.05) is 24.2 Å². The number of hydrogen-bond donors (Lipinski definition) is 3. The van der Waals surface area contributed by atoms with E-state index in [4.69, 9.17) is 5.11 Å². The minimum absolute atomic E-state index is 0.00763. The molecule has 0 unspecified atom stereocenters. The molecule has 3 N–H and O–H groups in total. The topological polar surface area (TPSA) is 95.5 Å². The van der Waals surface area contributed by atoms with Gasteiger partial charge >= 0.3 is 5.97 Å². The van der Waals surface area contributed by atoms with Gasteiger partial charge in [-0.25, -0.2) is 0 Å². The number of carbonyl (C=O) groups excluding carboxylic acids is 2. The summed E-state index contributed by atoms with van der Waals surface area (Å²) < 4.78 is 0. The molecule has 1 aliphatic rings. The third kappa shape index (κ3) is 3.84. The molecule has 2 amide bonds. The molecule has 0 spiro atoms. The quantitative estimate of drug-likeness (QED) is 0.784. The van der Waals surface area contributed by atoms with E-state index in [1.54, 1.807) is 24.3 Å². The summed E-state index contributed by atoms with van der Waals surface area (Å²) in [5.41, 5.74) is 0.867. The molecular weight excluding hydrogens is 284 g/mol. The monoisotopic (exact) mass is 304 g/mol. The molecule has 1 aromatic rings. The second-order valence-corrected chi connectivity index (χ2v) is 5.52. The maximum atomic E-state index is 12.2. The molecule has 1 aliphatic carbocycles. The molecule has 1 fully saturated rings. The predicted octanol–water partition coefficient (Wildman–Crippen LogP) is 1.42. The van der Waals surface area contributed by atoms with Crippen LogP contribution in [0.3, 0.4) is 0 Å². The number of carboxylic acids is 1. The second kappa shape index (κ2) is 7.06. The van der Waals surface area contributed by atoms with Crippen LogP contribution >= 0.6 is 0 Å². The Balaban J connectivity index is 1.96. The van der Waals surface area contributed by atoms with Crippen LogP contribution in [-0.4, -0.2) is 36.0 Å². The Morgan fingerprint density at radius 1 is 1.05 bits per heavy atom. The lowest BCUT2D eigenvalue weighted by atomic mass is 9.86. The molecule has 0 aromatic heterocycles. The van der Waals surface area contributed by atoms with E-state index in [1.165, 1.54) is 7.05 Å². The third-order valence-electron chi connectivity index (χ3n) is 4.03. The van der Waals surface area contributed by atoms with Crippen molar-refractivity contribution in [3.05, 3.63) is 35.4 Å². The highest BCUT2D eigenvalue weighted by Gasteiger charge is 2.26. The van der Waals surface area contributed by atoms with Crippen LogP contribution in [0.2, 0.25) is 0 Å². The first-order chi connectivity index (χ1) is 10.5. The average Bonchev–Trinajstić information content (AvgIpc) is 2.54. The zero-order valence-electron chi connectivity index (χ0n) is 12.5. The summed E-state index contributed by atoms with van der Waals surface area (Å²) in [5.74, 6) is -1.53. The number of carbonyl (C=O) groups is 3. The van der Waals surface area contributed by atoms with Crippen molar-refractivity contribution in [1.29, 1.82) is 0 Å². The molecule has 0 bridgehead atoms. The number of carboxylic acid groups (broad SMARTS) is 1. The molecule has 6 heteroatoms. The van der Waals surface area contributed by atoms with Crippen LogP contribution in [0.15, 0.2) is 24.3 Å². The van der Waals surface area contributed by atoms with Gasteiger partial charge in [0.05, 0.1) is 5.92 Å². The van der Waals surface area contributed by atoms with E-state index in [0.29, 0.717) is 36.8 Å². The lowest BCUT2D eigenvalue weighted by Gasteiger charge is -2.26. The van der Waals surface area contributed by atoms with Crippen LogP contribution in [0.25, 0.3) is 0 Å². The highest BCUT2D eigenvalue weighted by Crippen LogP contribution is 2.24. The molecular formula is C16H20N2O4. The molecule has 1 aromatic carbocycles. The Hall–Kier alpha value is -2.37. The van der Waals surface area contributed by atoms with Crippen LogP contribution in [0.1, 0.15) is 46.4 Å². The normalized spacial score (nSPS) is 21.0. The van der Waals surface area contributed by atoms with Crippen molar-refractivity contribution in [1.82, 2.24) is 10.6 Å². The van der Waals surface area contributed by atoms with Crippen molar-refractivity contribution < 1.29 is 19.5 Å². The van der Waals surface area contributed by atoms with Gasteiger partial charge in [0.2, 0.25) is 0 Å². The van der Waals surface area contributed by atoms with Crippen molar-refractivity contribution in [3.63, 3.8) is 0 Å². The van der Waals surface area contributed by atoms with Gasteiger partial charge in [0.1, 0.15) is 0 Å². The van der Waals surface area contributed by atoms with E-state index in [2.05, 4.69) is 10.6 Å². The van der Waals surface area contributed by atoms with E-state index in [-0.39, 0.29) is 23.8 Å². The van der Waals surface area contributed by atoms with Crippen molar-refractivity contribution in [3.8, 4) is 0 Å². The summed E-state index contributed by atoms with van der Waals surface area (Å²) in [6.07, 6.45) is 2.49. The molecule has 0 radical (unpaired) electrons. The van der Waals surface area contributed by atoms with E-state index >= 15 is 0 Å². The molecule has 0 heterocycles. The number of amides is 2. The molecule has 0 saturated heterocycles. The maximum Gasteiger partial charge on any atom is 0.306 e. The largest absolute Gasteiger partial charge is 0.481 e. The van der Waals surface area contributed by atoms with Crippen molar-refractivity contribution in [2.45, 2.75) is 31.7 Å². The summed E-state index contributed by atoms with van der Waals surface area (Å²) >= 11 is 0. The molecule has 6 nitrogen and oxygen atoms in total. The van der Waals surface area contributed by atoms with Crippen LogP contribution in [0.5, 0.6) is 0 Å². The van der Waals surface area contributed by atoms with Gasteiger partial charge in [-0.1, -0.05) is 6.07 Å². The first-order valence-electron chi connectivity index (χ1n) is 7.37. The molecule has 118 valence electrons. The molecule has 0 aliphatic heterocycles. The van der Waals surface area contributed by atoms with Gasteiger partial charge in [-0.3, -0.25) is 14.4 Å². The summed E-state index contributed by atoms with van der Waals surface area (Å²) in [7, 11) is 1.54. The molecule has 0 atom stereocenters. The molecule has 2 rings (SSSR count). The summed E-state index contributed by atoms with van der Waals surface area (Å²) in [6.45, 7) is 0. The Morgan fingerprint density at radius 2 is 1.64 bits per heavy atom. The van der Waals surface area contributed by atoms with Gasteiger partial charge in [0.15, 0.2) is 0 Å². The lowest BCUT2D eigenvalue weighted by Crippen LogP contribution is -2.38. The van der Waals surface area contributed by atoms with Gasteiger partial charge < -0.3 is 15.7 Å². The number of hydrogen-bond acceptors (Lipinski definition) is 3. The van der Waals surface area contributed by atoms with Crippen molar-refractivity contribution in [2.24, 2.45) is 5.92 Å². The number of rotatable bonds is 4. The fourth-order valence-electron chi connectivity index (χ4n) is 2.70. The highest BCUT2D eigenvalue weighted by molar-refractivity contribution is 5.99. The maximum absolute atomic E-state index is 12.2. The van der Waals surface area contributed by atoms with Crippen LogP contribution < -0.4 is 10.6 Å². The average molecular weight is 304 g/mol. The fourth-order valence-corrected chi connectivity index (χ4v) is 2.70. The standard InChI is InChI=1S/C16H20N2O4/c1-17-14(19)11-3-2-4-12(9-11)15(20)18-13-7-5-10(6-8-13)16(21)22/h2-4,9-10,13H,5-8H2,1H3,(H,17,19)(H,18,20)(H,21,22). The Labute approximate surface area is 128 Å². The van der Waals surface area contributed by atoms with Crippen LogP contribution in [0.4, 0.5) is 0 Å². The van der Waals surface area contributed by atoms with Gasteiger partial charge in [-0.15, -0.1) is 0 Å². The second-order valence-electron chi connectivity index (χ2n) is 5.52. The van der Waals surface area contributed by atoms with Gasteiger partial charge in [-0.05, 0) is 43.9 Å². The third-order valence-corrected chi connectivity index (χ3v) is 4.03. The van der Waals surface area contributed by atoms with E-state index in [1.807, 2.05) is 0 Å². The number of aliphatic carboxylic acids is 1. The minimum Gasteiger partial charge on any atom is -0.481 e. The Kier molecular flexibility index (Phi) is 5.14. The Bertz CT molecular complexity index is 577. The minimum atomic E-state index is -0.761. The highest BCUT2D eigenvalue weighted by atomic mass is 16.4. The van der Waals surface area contributed by atoms with Crippen molar-refractivity contribution in [2.75, 3.05) is 7.05 Å². The van der Waals surface area contributed by atoms with E-state index in [0.717, 1.165) is 0 Å².